The van der Waals surface area contributed by atoms with Crippen LogP contribution in [0, 0.1) is 0 Å². The lowest BCUT2D eigenvalue weighted by molar-refractivity contribution is -0.140. The van der Waals surface area contributed by atoms with E-state index in [1.54, 1.807) is 35.8 Å². The van der Waals surface area contributed by atoms with Crippen LogP contribution in [0.2, 0.25) is 0 Å². The normalized spacial score (nSPS) is 10.7. The highest BCUT2D eigenvalue weighted by Gasteiger charge is 2.14. The van der Waals surface area contributed by atoms with Gasteiger partial charge in [-0.25, -0.2) is 4.98 Å². The highest BCUT2D eigenvalue weighted by Crippen LogP contribution is 2.24. The third-order valence-corrected chi connectivity index (χ3v) is 5.32. The number of rotatable bonds is 10. The molecule has 164 valence electrons. The first-order valence-corrected chi connectivity index (χ1v) is 10.4. The van der Waals surface area contributed by atoms with Crippen LogP contribution in [-0.2, 0) is 9.59 Å². The molecule has 11 nitrogen and oxygen atoms in total. The van der Waals surface area contributed by atoms with Crippen molar-refractivity contribution in [2.75, 3.05) is 49.8 Å². The largest absolute Gasteiger partial charge is 0.481 e. The zero-order valence-electron chi connectivity index (χ0n) is 17.5. The van der Waals surface area contributed by atoms with Gasteiger partial charge in [-0.1, -0.05) is 0 Å². The Morgan fingerprint density at radius 3 is 2.61 bits per heavy atom. The second kappa shape index (κ2) is 9.98. The van der Waals surface area contributed by atoms with Crippen LogP contribution < -0.4 is 15.5 Å². The molecule has 1 aromatic carbocycles. The van der Waals surface area contributed by atoms with E-state index in [2.05, 4.69) is 30.6 Å². The zero-order valence-corrected chi connectivity index (χ0v) is 18.3. The monoisotopic (exact) mass is 444 g/mol. The van der Waals surface area contributed by atoms with Crippen LogP contribution in [0.25, 0.3) is 10.2 Å². The van der Waals surface area contributed by atoms with Crippen LogP contribution in [0.3, 0.4) is 0 Å². The topological polar surface area (TPSA) is 136 Å². The molecule has 2 heterocycles. The number of nitrogens with zero attached hydrogens (tertiary/aromatic N) is 6. The third kappa shape index (κ3) is 5.98. The number of hydrogen-bond acceptors (Lipinski definition) is 10. The van der Waals surface area contributed by atoms with Crippen LogP contribution >= 0.6 is 11.3 Å². The minimum atomic E-state index is -0.988. The molecular formula is C19H24N8O3S. The van der Waals surface area contributed by atoms with Crippen LogP contribution in [0.1, 0.15) is 12.8 Å². The predicted molar refractivity (Wildman–Crippen MR) is 120 cm³/mol. The summed E-state index contributed by atoms with van der Waals surface area (Å²) in [6.07, 6.45) is -0.205. The summed E-state index contributed by atoms with van der Waals surface area (Å²) < 4.78 is 1.06. The lowest BCUT2D eigenvalue weighted by Gasteiger charge is -2.22. The van der Waals surface area contributed by atoms with Gasteiger partial charge in [0.2, 0.25) is 23.8 Å². The summed E-state index contributed by atoms with van der Waals surface area (Å²) in [4.78, 5) is 43.5. The SMILES string of the molecule is CNc1nc(Nc2ccc3ncsc3c2)nc(N(C)CCN(C)C(=O)CCC(=O)O)n1. The summed E-state index contributed by atoms with van der Waals surface area (Å²) >= 11 is 1.55. The highest BCUT2D eigenvalue weighted by atomic mass is 32.1. The summed E-state index contributed by atoms with van der Waals surface area (Å²) in [6, 6.07) is 5.82. The molecule has 0 aliphatic carbocycles. The summed E-state index contributed by atoms with van der Waals surface area (Å²) in [6.45, 7) is 0.870. The molecule has 0 spiro atoms. The minimum absolute atomic E-state index is 0.0244. The number of aliphatic carboxylic acids is 1. The van der Waals surface area contributed by atoms with Crippen LogP contribution in [-0.4, -0.2) is 76.1 Å². The molecule has 31 heavy (non-hydrogen) atoms. The van der Waals surface area contributed by atoms with Gasteiger partial charge in [0.15, 0.2) is 0 Å². The van der Waals surface area contributed by atoms with Crippen molar-refractivity contribution in [3.63, 3.8) is 0 Å². The van der Waals surface area contributed by atoms with E-state index in [1.165, 1.54) is 4.90 Å². The highest BCUT2D eigenvalue weighted by molar-refractivity contribution is 7.16. The number of anilines is 4. The summed E-state index contributed by atoms with van der Waals surface area (Å²) in [5, 5.41) is 14.8. The van der Waals surface area contributed by atoms with E-state index < -0.39 is 5.97 Å². The van der Waals surface area contributed by atoms with E-state index in [9.17, 15) is 9.59 Å². The van der Waals surface area contributed by atoms with Crippen molar-refractivity contribution in [3.05, 3.63) is 23.7 Å². The Labute approximate surface area is 183 Å². The Balaban J connectivity index is 1.67. The molecule has 0 bridgehead atoms. The maximum absolute atomic E-state index is 12.0. The number of benzene rings is 1. The Bertz CT molecular complexity index is 1070. The van der Waals surface area contributed by atoms with E-state index in [-0.39, 0.29) is 18.7 Å². The van der Waals surface area contributed by atoms with Crippen molar-refractivity contribution in [3.8, 4) is 0 Å². The Hall–Kier alpha value is -3.54. The molecule has 0 atom stereocenters. The van der Waals surface area contributed by atoms with Gasteiger partial charge in [0, 0.05) is 46.3 Å². The first kappa shape index (κ1) is 22.2. The van der Waals surface area contributed by atoms with Crippen LogP contribution in [0.5, 0.6) is 0 Å². The average molecular weight is 445 g/mol. The molecule has 12 heteroatoms. The number of carboxylic acids is 1. The summed E-state index contributed by atoms with van der Waals surface area (Å²) in [7, 11) is 5.19. The number of thiazole rings is 1. The van der Waals surface area contributed by atoms with Gasteiger partial charge in [-0.3, -0.25) is 9.59 Å². The van der Waals surface area contributed by atoms with Crippen LogP contribution in [0.4, 0.5) is 23.5 Å². The molecule has 3 rings (SSSR count). The molecule has 0 saturated carbocycles. The zero-order chi connectivity index (χ0) is 22.4. The first-order chi connectivity index (χ1) is 14.9. The Morgan fingerprint density at radius 1 is 1.10 bits per heavy atom. The van der Waals surface area contributed by atoms with E-state index in [0.29, 0.717) is 30.9 Å². The van der Waals surface area contributed by atoms with Gasteiger partial charge in [-0.15, -0.1) is 11.3 Å². The molecule has 0 aliphatic heterocycles. The van der Waals surface area contributed by atoms with Crippen molar-refractivity contribution in [2.24, 2.45) is 0 Å². The number of amides is 1. The summed E-state index contributed by atoms with van der Waals surface area (Å²) in [5.41, 5.74) is 3.57. The molecule has 3 N–H and O–H groups in total. The standard InChI is InChI=1S/C19H24N8O3S/c1-20-17-23-18(22-12-4-5-13-14(10-12)31-11-21-13)25-19(24-17)27(3)9-8-26(2)15(28)6-7-16(29)30/h4-5,10-11H,6-9H2,1-3H3,(H,29,30)(H2,20,22,23,24,25). The fourth-order valence-electron chi connectivity index (χ4n) is 2.69. The summed E-state index contributed by atoms with van der Waals surface area (Å²) in [5.74, 6) is 0.0218. The lowest BCUT2D eigenvalue weighted by atomic mass is 10.3. The van der Waals surface area contributed by atoms with Crippen molar-refractivity contribution < 1.29 is 14.7 Å². The number of carbonyl (C=O) groups excluding carboxylic acids is 1. The Kier molecular flexibility index (Phi) is 7.13. The maximum Gasteiger partial charge on any atom is 0.303 e. The van der Waals surface area contributed by atoms with E-state index in [1.807, 2.05) is 25.2 Å². The molecule has 0 saturated heterocycles. The van der Waals surface area contributed by atoms with Gasteiger partial charge in [0.25, 0.3) is 0 Å². The second-order valence-corrected chi connectivity index (χ2v) is 7.71. The van der Waals surface area contributed by atoms with Crippen LogP contribution in [0.15, 0.2) is 23.7 Å². The number of likely N-dealkylation sites (N-methyl/N-ethyl adjacent to an activating group) is 2. The minimum Gasteiger partial charge on any atom is -0.481 e. The van der Waals surface area contributed by atoms with Crippen molar-refractivity contribution in [1.82, 2.24) is 24.8 Å². The van der Waals surface area contributed by atoms with Gasteiger partial charge in [-0.2, -0.15) is 15.0 Å². The van der Waals surface area contributed by atoms with Gasteiger partial charge in [0.1, 0.15) is 0 Å². The molecular weight excluding hydrogens is 420 g/mol. The van der Waals surface area contributed by atoms with Crippen molar-refractivity contribution in [1.29, 1.82) is 0 Å². The second-order valence-electron chi connectivity index (χ2n) is 6.82. The molecule has 0 aliphatic rings. The van der Waals surface area contributed by atoms with Gasteiger partial charge in [-0.05, 0) is 18.2 Å². The van der Waals surface area contributed by atoms with Gasteiger partial charge >= 0.3 is 5.97 Å². The van der Waals surface area contributed by atoms with Crippen molar-refractivity contribution >= 4 is 57.0 Å². The number of carboxylic acid groups (broad SMARTS) is 1. The first-order valence-electron chi connectivity index (χ1n) is 9.56. The number of carbonyl (C=O) groups is 2. The number of fused-ring (bicyclic) bond motifs is 1. The molecule has 0 radical (unpaired) electrons. The third-order valence-electron chi connectivity index (χ3n) is 4.53. The van der Waals surface area contributed by atoms with Gasteiger partial charge in [0.05, 0.1) is 22.1 Å². The van der Waals surface area contributed by atoms with Gasteiger partial charge < -0.3 is 25.5 Å². The number of nitrogens with one attached hydrogen (secondary N) is 2. The fraction of sp³-hybridized carbons (Fsp3) is 0.368. The van der Waals surface area contributed by atoms with E-state index in [4.69, 9.17) is 5.11 Å². The molecule has 1 amide bonds. The maximum atomic E-state index is 12.0. The van der Waals surface area contributed by atoms with E-state index in [0.717, 1.165) is 15.9 Å². The Morgan fingerprint density at radius 2 is 1.87 bits per heavy atom. The fourth-order valence-corrected chi connectivity index (χ4v) is 3.41. The average Bonchev–Trinajstić information content (AvgIpc) is 3.23. The van der Waals surface area contributed by atoms with E-state index >= 15 is 0 Å². The smallest absolute Gasteiger partial charge is 0.303 e. The number of aromatic nitrogens is 4. The number of hydrogen-bond donors (Lipinski definition) is 3. The molecule has 0 unspecified atom stereocenters. The quantitative estimate of drug-likeness (QED) is 0.426. The molecule has 2 aromatic heterocycles. The molecule has 0 fully saturated rings. The van der Waals surface area contributed by atoms with Crippen molar-refractivity contribution in [2.45, 2.75) is 12.8 Å². The lowest BCUT2D eigenvalue weighted by Crippen LogP contribution is -2.35. The predicted octanol–water partition coefficient (Wildman–Crippen LogP) is 2.03. The molecule has 3 aromatic rings.